The van der Waals surface area contributed by atoms with Crippen LogP contribution in [0.1, 0.15) is 11.1 Å². The van der Waals surface area contributed by atoms with E-state index in [9.17, 15) is 4.79 Å². The minimum Gasteiger partial charge on any atom is -0.309 e. The summed E-state index contributed by atoms with van der Waals surface area (Å²) < 4.78 is 6.60. The van der Waals surface area contributed by atoms with E-state index in [1.807, 2.05) is 4.40 Å². The highest BCUT2D eigenvalue weighted by atomic mass is 16.1. The van der Waals surface area contributed by atoms with Crippen molar-refractivity contribution in [1.29, 1.82) is 0 Å². The van der Waals surface area contributed by atoms with E-state index < -0.39 is 0 Å². The fourth-order valence-corrected chi connectivity index (χ4v) is 9.81. The first-order chi connectivity index (χ1) is 29.1. The molecule has 0 saturated carbocycles. The van der Waals surface area contributed by atoms with Crippen LogP contribution < -0.4 is 5.56 Å². The first-order valence-electron chi connectivity index (χ1n) is 20.0. The standard InChI is InChI=1S/C55H35N3O/c1-3-39-40(4-2)55(59)58-51-30-26-35(32-47(51)44-20-12-19-43(39)54(44)58)34-24-28-38(29-25-34)56-48-21-10-8-16-42(48)46-33-36(27-31-50(46)56)41-18-13-23-52-53(41)45-17-9-11-22-49(45)57(52)37-14-6-5-7-15-37/h3-33H,1-2H2. The highest BCUT2D eigenvalue weighted by molar-refractivity contribution is 6.18. The summed E-state index contributed by atoms with van der Waals surface area (Å²) in [6.45, 7) is 7.97. The maximum Gasteiger partial charge on any atom is 0.263 e. The summed E-state index contributed by atoms with van der Waals surface area (Å²) >= 11 is 0. The number of hydrogen-bond donors (Lipinski definition) is 0. The second kappa shape index (κ2) is 12.5. The zero-order valence-corrected chi connectivity index (χ0v) is 32.1. The van der Waals surface area contributed by atoms with Gasteiger partial charge in [0.25, 0.3) is 5.56 Å². The average molecular weight is 754 g/mol. The van der Waals surface area contributed by atoms with Crippen molar-refractivity contribution in [3.63, 3.8) is 0 Å². The van der Waals surface area contributed by atoms with E-state index in [-0.39, 0.29) is 5.56 Å². The van der Waals surface area contributed by atoms with Gasteiger partial charge in [-0.3, -0.25) is 9.20 Å². The third kappa shape index (κ3) is 4.63. The van der Waals surface area contributed by atoms with Crippen LogP contribution in [0.25, 0.3) is 117 Å². The number of hydrogen-bond acceptors (Lipinski definition) is 1. The van der Waals surface area contributed by atoms with E-state index in [0.29, 0.717) is 5.56 Å². The van der Waals surface area contributed by atoms with Gasteiger partial charge in [-0.05, 0) is 94.5 Å². The first-order valence-corrected chi connectivity index (χ1v) is 20.0. The largest absolute Gasteiger partial charge is 0.309 e. The molecule has 0 bridgehead atoms. The molecule has 276 valence electrons. The summed E-state index contributed by atoms with van der Waals surface area (Å²) in [5.74, 6) is 0. The lowest BCUT2D eigenvalue weighted by atomic mass is 9.98. The quantitative estimate of drug-likeness (QED) is 0.166. The van der Waals surface area contributed by atoms with Gasteiger partial charge in [-0.1, -0.05) is 135 Å². The van der Waals surface area contributed by atoms with Gasteiger partial charge in [0.1, 0.15) is 0 Å². The molecule has 0 fully saturated rings. The lowest BCUT2D eigenvalue weighted by molar-refractivity contribution is 1.17. The smallest absolute Gasteiger partial charge is 0.263 e. The van der Waals surface area contributed by atoms with Crippen LogP contribution in [0.2, 0.25) is 0 Å². The van der Waals surface area contributed by atoms with Gasteiger partial charge in [0.05, 0.1) is 33.1 Å². The molecule has 12 rings (SSSR count). The van der Waals surface area contributed by atoms with Crippen molar-refractivity contribution < 1.29 is 0 Å². The Hall–Kier alpha value is -7.95. The molecule has 8 aromatic carbocycles. The second-order valence-corrected chi connectivity index (χ2v) is 15.3. The molecule has 4 heterocycles. The summed E-state index contributed by atoms with van der Waals surface area (Å²) in [5.41, 5.74) is 14.7. The molecule has 0 amide bonds. The van der Waals surface area contributed by atoms with E-state index in [4.69, 9.17) is 0 Å². The van der Waals surface area contributed by atoms with Crippen LogP contribution >= 0.6 is 0 Å². The molecular weight excluding hydrogens is 719 g/mol. The number of fused-ring (bicyclic) bond motifs is 9. The number of pyridine rings is 1. The summed E-state index contributed by atoms with van der Waals surface area (Å²) in [6.07, 6.45) is 3.41. The number of aromatic nitrogens is 3. The third-order valence-corrected chi connectivity index (χ3v) is 12.4. The molecular formula is C55H35N3O. The van der Waals surface area contributed by atoms with Gasteiger partial charge in [0.15, 0.2) is 0 Å². The van der Waals surface area contributed by atoms with E-state index in [1.165, 1.54) is 43.7 Å². The third-order valence-electron chi connectivity index (χ3n) is 12.4. The molecule has 12 aromatic rings. The monoisotopic (exact) mass is 753 g/mol. The number of rotatable bonds is 6. The minimum absolute atomic E-state index is 0.0725. The number of para-hydroxylation sites is 4. The van der Waals surface area contributed by atoms with Crippen molar-refractivity contribution in [2.75, 3.05) is 0 Å². The maximum absolute atomic E-state index is 13.8. The Bertz CT molecular complexity index is 3770. The Labute approximate surface area is 339 Å². The molecule has 59 heavy (non-hydrogen) atoms. The molecule has 4 heteroatoms. The molecule has 0 unspecified atom stereocenters. The average Bonchev–Trinajstić information content (AvgIpc) is 3.94. The topological polar surface area (TPSA) is 31.3 Å². The highest BCUT2D eigenvalue weighted by Crippen LogP contribution is 2.42. The summed E-state index contributed by atoms with van der Waals surface area (Å²) in [5, 5.41) is 8.03. The summed E-state index contributed by atoms with van der Waals surface area (Å²) in [6, 6.07) is 63.2. The van der Waals surface area contributed by atoms with E-state index in [0.717, 1.165) is 66.3 Å². The fourth-order valence-electron chi connectivity index (χ4n) is 9.81. The van der Waals surface area contributed by atoms with Crippen LogP contribution in [0.15, 0.2) is 194 Å². The van der Waals surface area contributed by atoms with Crippen molar-refractivity contribution in [1.82, 2.24) is 13.5 Å². The Morgan fingerprint density at radius 1 is 0.390 bits per heavy atom. The fraction of sp³-hybridized carbons (Fsp3) is 0. The highest BCUT2D eigenvalue weighted by Gasteiger charge is 2.20. The summed E-state index contributed by atoms with van der Waals surface area (Å²) in [7, 11) is 0. The number of benzene rings is 8. The van der Waals surface area contributed by atoms with Gasteiger partial charge in [-0.2, -0.15) is 0 Å². The van der Waals surface area contributed by atoms with E-state index >= 15 is 0 Å². The SMILES string of the molecule is C=Cc1c(C=C)c2cccc3c4cc(-c5ccc(-n6c7ccccc7c7cc(-c8cccc9c8c8ccccc8n9-c8ccccc8)ccc76)cc5)ccc4n(c1=O)c23. The van der Waals surface area contributed by atoms with Crippen LogP contribution in [-0.4, -0.2) is 13.5 Å². The van der Waals surface area contributed by atoms with Crippen LogP contribution in [0, 0.1) is 0 Å². The zero-order valence-electron chi connectivity index (χ0n) is 32.1. The van der Waals surface area contributed by atoms with Crippen molar-refractivity contribution in [2.24, 2.45) is 0 Å². The van der Waals surface area contributed by atoms with Crippen molar-refractivity contribution in [3.05, 3.63) is 211 Å². The number of nitrogens with zero attached hydrogens (tertiary/aromatic N) is 3. The first kappa shape index (κ1) is 33.2. The maximum atomic E-state index is 13.8. The molecule has 0 aliphatic carbocycles. The van der Waals surface area contributed by atoms with Crippen molar-refractivity contribution >= 4 is 83.0 Å². The Balaban J connectivity index is 0.987. The molecule has 0 N–H and O–H groups in total. The van der Waals surface area contributed by atoms with Gasteiger partial charge in [0.2, 0.25) is 0 Å². The van der Waals surface area contributed by atoms with E-state index in [2.05, 4.69) is 198 Å². The Kier molecular flexibility index (Phi) is 7.05. The summed E-state index contributed by atoms with van der Waals surface area (Å²) in [4.78, 5) is 13.8. The Morgan fingerprint density at radius 2 is 0.932 bits per heavy atom. The second-order valence-electron chi connectivity index (χ2n) is 15.3. The molecule has 4 aromatic heterocycles. The van der Waals surface area contributed by atoms with Gasteiger partial charge in [0, 0.05) is 54.6 Å². The van der Waals surface area contributed by atoms with Gasteiger partial charge in [-0.25, -0.2) is 0 Å². The van der Waals surface area contributed by atoms with Crippen LogP contribution in [-0.2, 0) is 0 Å². The van der Waals surface area contributed by atoms with E-state index in [1.54, 1.807) is 12.2 Å². The lowest BCUT2D eigenvalue weighted by Crippen LogP contribution is -2.17. The van der Waals surface area contributed by atoms with Gasteiger partial charge >= 0.3 is 0 Å². The normalized spacial score (nSPS) is 11.9. The predicted molar refractivity (Wildman–Crippen MR) is 250 cm³/mol. The molecule has 0 aliphatic heterocycles. The van der Waals surface area contributed by atoms with Crippen LogP contribution in [0.3, 0.4) is 0 Å². The zero-order chi connectivity index (χ0) is 39.4. The molecule has 0 aliphatic rings. The Morgan fingerprint density at radius 3 is 1.73 bits per heavy atom. The van der Waals surface area contributed by atoms with Crippen molar-refractivity contribution in [3.8, 4) is 33.6 Å². The molecule has 0 atom stereocenters. The van der Waals surface area contributed by atoms with Crippen molar-refractivity contribution in [2.45, 2.75) is 0 Å². The van der Waals surface area contributed by atoms with Crippen LogP contribution in [0.5, 0.6) is 0 Å². The van der Waals surface area contributed by atoms with Gasteiger partial charge in [-0.15, -0.1) is 0 Å². The minimum atomic E-state index is -0.0725. The molecule has 0 spiro atoms. The molecule has 0 radical (unpaired) electrons. The van der Waals surface area contributed by atoms with Crippen LogP contribution in [0.4, 0.5) is 0 Å². The molecule has 4 nitrogen and oxygen atoms in total. The molecule has 0 saturated heterocycles. The van der Waals surface area contributed by atoms with Gasteiger partial charge < -0.3 is 9.13 Å². The predicted octanol–water partition coefficient (Wildman–Crippen LogP) is 13.9. The lowest BCUT2D eigenvalue weighted by Gasteiger charge is -2.11.